The second kappa shape index (κ2) is 9.09. The van der Waals surface area contributed by atoms with Gasteiger partial charge in [0.15, 0.2) is 23.3 Å². The number of carbonyl (C=O) groups excluding carboxylic acids is 1. The van der Waals surface area contributed by atoms with Crippen molar-refractivity contribution in [3.05, 3.63) is 29.1 Å². The zero-order valence-electron chi connectivity index (χ0n) is 16.7. The van der Waals surface area contributed by atoms with Crippen LogP contribution in [0.5, 0.6) is 0 Å². The fourth-order valence-corrected chi connectivity index (χ4v) is 2.21. The standard InChI is InChI=1S/C15HF22NO/c16-1-2(17)4(19)6(5(20)3(1)18)38-7(39)8(21,22)9(23,24)10(25,26)11(27,28)12(29,30)13(31,32)14(33,34)15(35,36)37/h(H,38,39). The van der Waals surface area contributed by atoms with Gasteiger partial charge in [-0.1, -0.05) is 0 Å². The normalized spacial score (nSPS) is 15.0. The number of hydrogen-bond acceptors (Lipinski definition) is 1. The minimum Gasteiger partial charge on any atom is -0.315 e. The number of halogens is 22. The summed E-state index contributed by atoms with van der Waals surface area (Å²) in [4.78, 5) is 11.2. The van der Waals surface area contributed by atoms with Crippen LogP contribution in [-0.2, 0) is 4.79 Å². The Balaban J connectivity index is 3.71. The molecule has 1 rings (SSSR count). The molecule has 0 spiro atoms. The van der Waals surface area contributed by atoms with Gasteiger partial charge in [-0.25, -0.2) is 22.0 Å². The van der Waals surface area contributed by atoms with E-state index in [9.17, 15) is 101 Å². The summed E-state index contributed by atoms with van der Waals surface area (Å²) in [6, 6.07) is 0. The number of hydrogen-bond donors (Lipinski definition) is 1. The van der Waals surface area contributed by atoms with Gasteiger partial charge in [-0.05, 0) is 0 Å². The molecule has 0 fully saturated rings. The van der Waals surface area contributed by atoms with Crippen LogP contribution in [0.4, 0.5) is 102 Å². The first kappa shape index (κ1) is 34.2. The predicted octanol–water partition coefficient (Wildman–Crippen LogP) is 7.33. The zero-order chi connectivity index (χ0) is 31.7. The average Bonchev–Trinajstić information content (AvgIpc) is 2.77. The van der Waals surface area contributed by atoms with Crippen molar-refractivity contribution in [2.45, 2.75) is 47.6 Å². The molecule has 24 heteroatoms. The lowest BCUT2D eigenvalue weighted by Crippen LogP contribution is -2.75. The van der Waals surface area contributed by atoms with E-state index in [1.165, 1.54) is 0 Å². The highest BCUT2D eigenvalue weighted by molar-refractivity contribution is 5.97. The van der Waals surface area contributed by atoms with Crippen molar-refractivity contribution in [1.29, 1.82) is 0 Å². The molecule has 1 amide bonds. The first-order chi connectivity index (χ1) is 16.8. The van der Waals surface area contributed by atoms with Gasteiger partial charge in [0.05, 0.1) is 0 Å². The summed E-state index contributed by atoms with van der Waals surface area (Å²) < 4.78 is 289. The number of rotatable bonds is 8. The molecule has 1 aromatic carbocycles. The first-order valence-corrected chi connectivity index (χ1v) is 8.36. The SMILES string of the molecule is O=C(Nc1c(F)c(F)c(F)c(F)c1F)C(F)(F)C(F)(F)C(F)(F)C(F)(F)C(F)(F)C(F)(F)C(F)(F)C(F)(F)F. The maximum absolute atomic E-state index is 13.7. The van der Waals surface area contributed by atoms with Crippen LogP contribution in [-0.4, -0.2) is 53.5 Å². The van der Waals surface area contributed by atoms with Gasteiger partial charge in [-0.2, -0.15) is 74.6 Å². The molecule has 0 unspecified atom stereocenters. The Hall–Kier alpha value is -2.85. The zero-order valence-corrected chi connectivity index (χ0v) is 16.7. The number of nitrogens with one attached hydrogen (secondary N) is 1. The third-order valence-electron chi connectivity index (χ3n) is 4.46. The van der Waals surface area contributed by atoms with Crippen molar-refractivity contribution in [3.63, 3.8) is 0 Å². The molecule has 0 aliphatic carbocycles. The van der Waals surface area contributed by atoms with E-state index >= 15 is 0 Å². The van der Waals surface area contributed by atoms with E-state index in [0.29, 0.717) is 0 Å². The molecule has 2 nitrogen and oxygen atoms in total. The van der Waals surface area contributed by atoms with Crippen LogP contribution >= 0.6 is 0 Å². The Bertz CT molecular complexity index is 1100. The Morgan fingerprint density at radius 1 is 0.410 bits per heavy atom. The summed E-state index contributed by atoms with van der Waals surface area (Å²) >= 11 is 0. The van der Waals surface area contributed by atoms with Crippen molar-refractivity contribution in [1.82, 2.24) is 0 Å². The van der Waals surface area contributed by atoms with Gasteiger partial charge >= 0.3 is 53.5 Å². The van der Waals surface area contributed by atoms with Crippen molar-refractivity contribution < 1.29 is 101 Å². The number of amides is 1. The van der Waals surface area contributed by atoms with Crippen LogP contribution in [0.2, 0.25) is 0 Å². The van der Waals surface area contributed by atoms with Gasteiger partial charge in [0.25, 0.3) is 0 Å². The monoisotopic (exact) mass is 629 g/mol. The first-order valence-electron chi connectivity index (χ1n) is 8.36. The van der Waals surface area contributed by atoms with E-state index in [-0.39, 0.29) is 5.32 Å². The summed E-state index contributed by atoms with van der Waals surface area (Å²) in [5.74, 6) is -81.4. The largest absolute Gasteiger partial charge is 0.460 e. The second-order valence-electron chi connectivity index (χ2n) is 6.92. The third kappa shape index (κ3) is 4.36. The van der Waals surface area contributed by atoms with E-state index in [0.717, 1.165) is 0 Å². The van der Waals surface area contributed by atoms with Gasteiger partial charge in [0.1, 0.15) is 5.69 Å². The lowest BCUT2D eigenvalue weighted by atomic mass is 9.88. The van der Waals surface area contributed by atoms with Crippen molar-refractivity contribution >= 4 is 11.6 Å². The van der Waals surface area contributed by atoms with Crippen molar-refractivity contribution in [3.8, 4) is 0 Å². The molecule has 0 aliphatic heterocycles. The highest BCUT2D eigenvalue weighted by Gasteiger charge is 2.95. The van der Waals surface area contributed by atoms with Crippen LogP contribution in [0.3, 0.4) is 0 Å². The Kier molecular flexibility index (Phi) is 7.97. The predicted molar refractivity (Wildman–Crippen MR) is 75.5 cm³/mol. The van der Waals surface area contributed by atoms with Crippen LogP contribution in [0.25, 0.3) is 0 Å². The van der Waals surface area contributed by atoms with Gasteiger partial charge in [-0.3, -0.25) is 4.79 Å². The Morgan fingerprint density at radius 3 is 0.974 bits per heavy atom. The molecular formula is C15HF22NO. The molecule has 0 saturated heterocycles. The molecule has 0 aromatic heterocycles. The third-order valence-corrected chi connectivity index (χ3v) is 4.46. The highest BCUT2D eigenvalue weighted by Crippen LogP contribution is 2.64. The summed E-state index contributed by atoms with van der Waals surface area (Å²) in [5, 5.41) is -0.378. The topological polar surface area (TPSA) is 29.1 Å². The smallest absolute Gasteiger partial charge is 0.315 e. The summed E-state index contributed by atoms with van der Waals surface area (Å²) in [6.07, 6.45) is -7.99. The highest BCUT2D eigenvalue weighted by atomic mass is 19.4. The molecule has 226 valence electrons. The lowest BCUT2D eigenvalue weighted by molar-refractivity contribution is -0.459. The Morgan fingerprint density at radius 2 is 0.667 bits per heavy atom. The molecule has 39 heavy (non-hydrogen) atoms. The number of benzene rings is 1. The van der Waals surface area contributed by atoms with Gasteiger partial charge in [0, 0.05) is 0 Å². The molecule has 1 aromatic rings. The molecule has 0 aliphatic rings. The van der Waals surface area contributed by atoms with Crippen LogP contribution in [0.15, 0.2) is 0 Å². The van der Waals surface area contributed by atoms with E-state index in [4.69, 9.17) is 0 Å². The molecule has 0 saturated carbocycles. The minimum atomic E-state index is -9.06. The molecule has 0 bridgehead atoms. The maximum atomic E-state index is 13.7. The van der Waals surface area contributed by atoms with Crippen LogP contribution < -0.4 is 5.32 Å². The van der Waals surface area contributed by atoms with E-state index in [2.05, 4.69) is 0 Å². The molecule has 0 heterocycles. The molecular weight excluding hydrogens is 628 g/mol. The Labute approximate surface area is 196 Å². The maximum Gasteiger partial charge on any atom is 0.460 e. The quantitative estimate of drug-likeness (QED) is 0.182. The van der Waals surface area contributed by atoms with Crippen LogP contribution in [0.1, 0.15) is 0 Å². The molecule has 0 atom stereocenters. The average molecular weight is 629 g/mol. The number of carbonyl (C=O) groups is 1. The van der Waals surface area contributed by atoms with Gasteiger partial charge < -0.3 is 5.32 Å². The van der Waals surface area contributed by atoms with Crippen molar-refractivity contribution in [2.75, 3.05) is 5.32 Å². The summed E-state index contributed by atoms with van der Waals surface area (Å²) in [6.45, 7) is 0. The fourth-order valence-electron chi connectivity index (χ4n) is 2.21. The van der Waals surface area contributed by atoms with E-state index < -0.39 is 88.3 Å². The number of alkyl halides is 17. The molecule has 0 radical (unpaired) electrons. The van der Waals surface area contributed by atoms with Crippen LogP contribution in [0, 0.1) is 29.1 Å². The lowest BCUT2D eigenvalue weighted by Gasteiger charge is -2.42. The van der Waals surface area contributed by atoms with Gasteiger partial charge in [-0.15, -0.1) is 0 Å². The van der Waals surface area contributed by atoms with Gasteiger partial charge in [0.2, 0.25) is 5.82 Å². The fraction of sp³-hybridized carbons (Fsp3) is 0.533. The van der Waals surface area contributed by atoms with Crippen molar-refractivity contribution in [2.24, 2.45) is 0 Å². The van der Waals surface area contributed by atoms with E-state index in [1.54, 1.807) is 0 Å². The number of anilines is 1. The van der Waals surface area contributed by atoms with E-state index in [1.807, 2.05) is 0 Å². The summed E-state index contributed by atoms with van der Waals surface area (Å²) in [5.41, 5.74) is -3.08. The summed E-state index contributed by atoms with van der Waals surface area (Å²) in [7, 11) is 0. The molecule has 1 N–H and O–H groups in total. The second-order valence-corrected chi connectivity index (χ2v) is 6.92. The minimum absolute atomic E-state index is 0.378.